The van der Waals surface area contributed by atoms with E-state index in [4.69, 9.17) is 14.6 Å². The topological polar surface area (TPSA) is 74.7 Å². The van der Waals surface area contributed by atoms with Gasteiger partial charge in [-0.2, -0.15) is 5.10 Å². The summed E-state index contributed by atoms with van der Waals surface area (Å²) in [4.78, 5) is 30.8. The van der Waals surface area contributed by atoms with Crippen molar-refractivity contribution < 1.29 is 19.1 Å². The smallest absolute Gasteiger partial charge is 0.262 e. The quantitative estimate of drug-likeness (QED) is 0.521. The highest BCUT2D eigenvalue weighted by Gasteiger charge is 2.34. The van der Waals surface area contributed by atoms with Crippen molar-refractivity contribution in [2.24, 2.45) is 11.0 Å². The van der Waals surface area contributed by atoms with Crippen LogP contribution in [0.4, 0.5) is 0 Å². The van der Waals surface area contributed by atoms with Crippen LogP contribution in [0.15, 0.2) is 53.6 Å². The van der Waals surface area contributed by atoms with Crippen LogP contribution in [-0.4, -0.2) is 85.4 Å². The predicted octanol–water partition coefficient (Wildman–Crippen LogP) is 3.50. The largest absolute Gasteiger partial charge is 0.497 e. The number of amides is 2. The van der Waals surface area contributed by atoms with Gasteiger partial charge < -0.3 is 14.4 Å². The second-order valence-corrected chi connectivity index (χ2v) is 10.0. The Labute approximate surface area is 219 Å². The molecule has 2 heterocycles. The summed E-state index contributed by atoms with van der Waals surface area (Å²) in [6, 6.07) is 15.7. The third kappa shape index (κ3) is 6.76. The minimum absolute atomic E-state index is 0.00308. The molecule has 0 radical (unpaired) electrons. The maximum absolute atomic E-state index is 13.7. The average molecular weight is 507 g/mol. The van der Waals surface area contributed by atoms with Crippen LogP contribution in [0.3, 0.4) is 0 Å². The zero-order chi connectivity index (χ0) is 26.4. The highest BCUT2D eigenvalue weighted by atomic mass is 16.5. The van der Waals surface area contributed by atoms with Crippen molar-refractivity contribution in [3.63, 3.8) is 0 Å². The molecule has 4 rings (SSSR count). The summed E-state index contributed by atoms with van der Waals surface area (Å²) in [6.45, 7) is 10.1. The van der Waals surface area contributed by atoms with Crippen LogP contribution in [0, 0.1) is 12.8 Å². The molecular formula is C29H38N4O4. The van der Waals surface area contributed by atoms with E-state index < -0.39 is 0 Å². The molecule has 2 aromatic carbocycles. The molecule has 0 N–H and O–H groups in total. The normalized spacial score (nSPS) is 18.1. The van der Waals surface area contributed by atoms with Crippen LogP contribution < -0.4 is 4.74 Å². The zero-order valence-electron chi connectivity index (χ0n) is 22.4. The molecule has 0 spiro atoms. The number of benzene rings is 2. The lowest BCUT2D eigenvalue weighted by Gasteiger charge is -2.31. The zero-order valence-corrected chi connectivity index (χ0v) is 22.4. The fourth-order valence-electron chi connectivity index (χ4n) is 4.70. The second kappa shape index (κ2) is 12.3. The van der Waals surface area contributed by atoms with Crippen molar-refractivity contribution in [3.8, 4) is 5.75 Å². The highest BCUT2D eigenvalue weighted by molar-refractivity contribution is 6.03. The molecule has 1 saturated heterocycles. The second-order valence-electron chi connectivity index (χ2n) is 10.0. The van der Waals surface area contributed by atoms with Gasteiger partial charge in [0.1, 0.15) is 12.3 Å². The van der Waals surface area contributed by atoms with E-state index in [1.54, 1.807) is 17.0 Å². The molecule has 1 atom stereocenters. The maximum Gasteiger partial charge on any atom is 0.262 e. The van der Waals surface area contributed by atoms with E-state index in [9.17, 15) is 9.59 Å². The van der Waals surface area contributed by atoms with Crippen LogP contribution in [0.25, 0.3) is 0 Å². The molecule has 0 aromatic heterocycles. The summed E-state index contributed by atoms with van der Waals surface area (Å²) in [5, 5.41) is 6.38. The van der Waals surface area contributed by atoms with E-state index in [1.165, 1.54) is 0 Å². The summed E-state index contributed by atoms with van der Waals surface area (Å²) in [5.41, 5.74) is 3.99. The van der Waals surface area contributed by atoms with Crippen LogP contribution in [0.1, 0.15) is 43.0 Å². The maximum atomic E-state index is 13.7. The first-order valence-electron chi connectivity index (χ1n) is 13.0. The first-order valence-corrected chi connectivity index (χ1v) is 13.0. The van der Waals surface area contributed by atoms with Gasteiger partial charge in [-0.25, -0.2) is 5.01 Å². The Kier molecular flexibility index (Phi) is 8.95. The first kappa shape index (κ1) is 26.8. The van der Waals surface area contributed by atoms with Crippen LogP contribution >= 0.6 is 0 Å². The fraction of sp³-hybridized carbons (Fsp3) is 0.483. The van der Waals surface area contributed by atoms with Crippen LogP contribution in [-0.2, 0) is 14.3 Å². The summed E-state index contributed by atoms with van der Waals surface area (Å²) < 4.78 is 10.7. The number of hydrazone groups is 1. The van der Waals surface area contributed by atoms with E-state index >= 15 is 0 Å². The standard InChI is InChI=1S/C29H38N4O4/c1-21(2)29(35)32(14-13-31-15-17-37-18-16-31)20-28(34)33-27(24-7-5-22(3)6-8-24)19-26(30-33)23-9-11-25(36-4)12-10-23/h5-12,21,27H,13-20H2,1-4H3/t27-/m1/s1. The minimum atomic E-state index is -0.222. The number of ether oxygens (including phenoxy) is 2. The highest BCUT2D eigenvalue weighted by Crippen LogP contribution is 2.33. The molecule has 8 heteroatoms. The molecule has 2 aliphatic heterocycles. The van der Waals surface area contributed by atoms with E-state index in [1.807, 2.05) is 45.0 Å². The van der Waals surface area contributed by atoms with E-state index in [2.05, 4.69) is 29.2 Å². The van der Waals surface area contributed by atoms with Gasteiger partial charge in [-0.1, -0.05) is 43.7 Å². The van der Waals surface area contributed by atoms with E-state index in [0.717, 1.165) is 47.8 Å². The number of methoxy groups -OCH3 is 1. The Balaban J connectivity index is 1.56. The predicted molar refractivity (Wildman–Crippen MR) is 144 cm³/mol. The number of aryl methyl sites for hydroxylation is 1. The molecular weight excluding hydrogens is 468 g/mol. The van der Waals surface area contributed by atoms with Crippen molar-refractivity contribution in [2.45, 2.75) is 33.2 Å². The summed E-state index contributed by atoms with van der Waals surface area (Å²) >= 11 is 0. The van der Waals surface area contributed by atoms with Gasteiger partial charge in [-0.15, -0.1) is 0 Å². The first-order chi connectivity index (χ1) is 17.9. The number of hydrogen-bond donors (Lipinski definition) is 0. The van der Waals surface area contributed by atoms with Gasteiger partial charge in [-0.05, 0) is 42.3 Å². The molecule has 2 aliphatic rings. The molecule has 2 amide bonds. The van der Waals surface area contributed by atoms with Gasteiger partial charge >= 0.3 is 0 Å². The Bertz CT molecular complexity index is 1090. The van der Waals surface area contributed by atoms with Gasteiger partial charge in [0.05, 0.1) is 32.1 Å². The molecule has 1 fully saturated rings. The Morgan fingerprint density at radius 1 is 1.08 bits per heavy atom. The number of carbonyl (C=O) groups excluding carboxylic acids is 2. The minimum Gasteiger partial charge on any atom is -0.497 e. The lowest BCUT2D eigenvalue weighted by Crippen LogP contribution is -2.47. The Morgan fingerprint density at radius 2 is 1.76 bits per heavy atom. The number of morpholine rings is 1. The number of hydrogen-bond acceptors (Lipinski definition) is 6. The van der Waals surface area contributed by atoms with Gasteiger partial charge in [0, 0.05) is 38.5 Å². The SMILES string of the molecule is COc1ccc(C2=NN(C(=O)CN(CCN3CCOCC3)C(=O)C(C)C)[C@@H](c3ccc(C)cc3)C2)cc1. The Hall–Kier alpha value is -3.23. The molecule has 2 aromatic rings. The van der Waals surface area contributed by atoms with Crippen LogP contribution in [0.5, 0.6) is 5.75 Å². The van der Waals surface area contributed by atoms with Crippen molar-refractivity contribution >= 4 is 17.5 Å². The number of carbonyl (C=O) groups is 2. The Morgan fingerprint density at radius 3 is 2.38 bits per heavy atom. The van der Waals surface area contributed by atoms with Gasteiger partial charge in [0.2, 0.25) is 5.91 Å². The molecule has 37 heavy (non-hydrogen) atoms. The molecule has 0 unspecified atom stereocenters. The van der Waals surface area contributed by atoms with Crippen molar-refractivity contribution in [1.82, 2.24) is 14.8 Å². The molecule has 198 valence electrons. The van der Waals surface area contributed by atoms with Crippen LogP contribution in [0.2, 0.25) is 0 Å². The summed E-state index contributed by atoms with van der Waals surface area (Å²) in [7, 11) is 1.64. The number of nitrogens with zero attached hydrogens (tertiary/aromatic N) is 4. The molecule has 0 bridgehead atoms. The van der Waals surface area contributed by atoms with Crippen molar-refractivity contribution in [2.75, 3.05) is 53.0 Å². The summed E-state index contributed by atoms with van der Waals surface area (Å²) in [6.07, 6.45) is 0.604. The van der Waals surface area contributed by atoms with Gasteiger partial charge in [0.25, 0.3) is 5.91 Å². The van der Waals surface area contributed by atoms with E-state index in [0.29, 0.717) is 26.2 Å². The van der Waals surface area contributed by atoms with E-state index in [-0.39, 0.29) is 30.3 Å². The van der Waals surface area contributed by atoms with Crippen molar-refractivity contribution in [1.29, 1.82) is 0 Å². The lowest BCUT2D eigenvalue weighted by atomic mass is 9.97. The third-order valence-corrected chi connectivity index (χ3v) is 6.97. The molecule has 8 nitrogen and oxygen atoms in total. The van der Waals surface area contributed by atoms with Gasteiger partial charge in [-0.3, -0.25) is 14.5 Å². The monoisotopic (exact) mass is 506 g/mol. The van der Waals surface area contributed by atoms with Gasteiger partial charge in [0.15, 0.2) is 0 Å². The average Bonchev–Trinajstić information content (AvgIpc) is 3.37. The number of rotatable bonds is 9. The molecule has 0 aliphatic carbocycles. The third-order valence-electron chi connectivity index (χ3n) is 6.97. The molecule has 0 saturated carbocycles. The van der Waals surface area contributed by atoms with Crippen molar-refractivity contribution in [3.05, 3.63) is 65.2 Å². The fourth-order valence-corrected chi connectivity index (χ4v) is 4.70. The summed E-state index contributed by atoms with van der Waals surface area (Å²) in [5.74, 6) is 0.382. The lowest BCUT2D eigenvalue weighted by molar-refractivity contribution is -0.143.